The minimum atomic E-state index is -0.760. The first-order chi connectivity index (χ1) is 29.9. The normalized spacial score (nSPS) is 12.0. The van der Waals surface area contributed by atoms with Gasteiger partial charge in [0.15, 0.2) is 6.10 Å². The van der Waals surface area contributed by atoms with E-state index in [-0.39, 0.29) is 31.1 Å². The van der Waals surface area contributed by atoms with E-state index in [2.05, 4.69) is 27.7 Å². The minimum absolute atomic E-state index is 0.0622. The topological polar surface area (TPSA) is 78.9 Å². The quantitative estimate of drug-likeness (QED) is 0.0344. The third kappa shape index (κ3) is 49.3. The van der Waals surface area contributed by atoms with E-state index < -0.39 is 6.10 Å². The summed E-state index contributed by atoms with van der Waals surface area (Å²) in [5.74, 6) is 0.00708. The maximum atomic E-state index is 12.8. The number of unbranched alkanes of at least 4 members (excludes halogenated alkanes) is 37. The predicted octanol–water partition coefficient (Wildman–Crippen LogP) is 17.8. The zero-order valence-corrected chi connectivity index (χ0v) is 41.6. The summed E-state index contributed by atoms with van der Waals surface area (Å²) in [5, 5.41) is 0. The molecular formula is C55H106O6. The van der Waals surface area contributed by atoms with Gasteiger partial charge in [-0.15, -0.1) is 0 Å². The average Bonchev–Trinajstić information content (AvgIpc) is 3.24. The van der Waals surface area contributed by atoms with Gasteiger partial charge < -0.3 is 14.2 Å². The van der Waals surface area contributed by atoms with Crippen LogP contribution in [0.1, 0.15) is 310 Å². The lowest BCUT2D eigenvalue weighted by molar-refractivity contribution is -0.167. The van der Waals surface area contributed by atoms with Gasteiger partial charge in [0.1, 0.15) is 13.2 Å². The summed E-state index contributed by atoms with van der Waals surface area (Å²) in [4.78, 5) is 38.0. The van der Waals surface area contributed by atoms with Crippen molar-refractivity contribution in [1.82, 2.24) is 0 Å². The third-order valence-electron chi connectivity index (χ3n) is 12.5. The summed E-state index contributed by atoms with van der Waals surface area (Å²) in [6.07, 6.45) is 52.3. The number of hydrogen-bond donors (Lipinski definition) is 0. The molecule has 0 saturated heterocycles. The number of carbonyl (C=O) groups excluding carboxylic acids is 3. The van der Waals surface area contributed by atoms with E-state index in [0.29, 0.717) is 19.3 Å². The number of carbonyl (C=O) groups is 3. The highest BCUT2D eigenvalue weighted by molar-refractivity contribution is 5.71. The average molecular weight is 863 g/mol. The first-order valence-electron chi connectivity index (χ1n) is 27.4. The van der Waals surface area contributed by atoms with E-state index in [0.717, 1.165) is 63.7 Å². The summed E-state index contributed by atoms with van der Waals surface area (Å²) in [6, 6.07) is 0. The van der Waals surface area contributed by atoms with Crippen LogP contribution < -0.4 is 0 Å². The van der Waals surface area contributed by atoms with E-state index in [9.17, 15) is 14.4 Å². The van der Waals surface area contributed by atoms with Crippen LogP contribution in [0, 0.1) is 5.92 Å². The van der Waals surface area contributed by atoms with Gasteiger partial charge in [0.05, 0.1) is 0 Å². The summed E-state index contributed by atoms with van der Waals surface area (Å²) < 4.78 is 16.8. The molecule has 0 unspecified atom stereocenters. The summed E-state index contributed by atoms with van der Waals surface area (Å²) in [6.45, 7) is 9.04. The molecule has 1 atom stereocenters. The fourth-order valence-corrected chi connectivity index (χ4v) is 8.39. The summed E-state index contributed by atoms with van der Waals surface area (Å²) in [5.41, 5.74) is 0. The van der Waals surface area contributed by atoms with Crippen LogP contribution in [-0.2, 0) is 28.6 Å². The smallest absolute Gasteiger partial charge is 0.306 e. The first kappa shape index (κ1) is 59.4. The van der Waals surface area contributed by atoms with Crippen molar-refractivity contribution in [1.29, 1.82) is 0 Å². The molecule has 6 nitrogen and oxygen atoms in total. The number of esters is 3. The molecule has 0 aliphatic heterocycles. The molecular weight excluding hydrogens is 757 g/mol. The van der Waals surface area contributed by atoms with Crippen molar-refractivity contribution in [3.8, 4) is 0 Å². The van der Waals surface area contributed by atoms with Crippen LogP contribution in [0.5, 0.6) is 0 Å². The molecule has 0 aliphatic rings. The van der Waals surface area contributed by atoms with Crippen molar-refractivity contribution in [2.24, 2.45) is 5.92 Å². The highest BCUT2D eigenvalue weighted by Crippen LogP contribution is 2.17. The molecule has 0 heterocycles. The second-order valence-corrected chi connectivity index (χ2v) is 19.3. The molecule has 0 bridgehead atoms. The van der Waals surface area contributed by atoms with Crippen molar-refractivity contribution in [3.05, 3.63) is 0 Å². The molecule has 0 aliphatic carbocycles. The lowest BCUT2D eigenvalue weighted by Gasteiger charge is -2.18. The van der Waals surface area contributed by atoms with Gasteiger partial charge in [-0.25, -0.2) is 0 Å². The molecule has 6 heteroatoms. The van der Waals surface area contributed by atoms with Crippen LogP contribution in [0.25, 0.3) is 0 Å². The van der Waals surface area contributed by atoms with Gasteiger partial charge in [0.25, 0.3) is 0 Å². The van der Waals surface area contributed by atoms with Crippen molar-refractivity contribution in [2.45, 2.75) is 316 Å². The van der Waals surface area contributed by atoms with E-state index in [1.807, 2.05) is 0 Å². The first-order valence-corrected chi connectivity index (χ1v) is 27.4. The Bertz CT molecular complexity index is 918. The number of ether oxygens (including phenoxy) is 3. The fourth-order valence-electron chi connectivity index (χ4n) is 8.39. The van der Waals surface area contributed by atoms with Gasteiger partial charge in [-0.3, -0.25) is 14.4 Å². The Labute approximate surface area is 380 Å². The Morgan fingerprint density at radius 3 is 0.803 bits per heavy atom. The molecule has 0 spiro atoms. The van der Waals surface area contributed by atoms with Gasteiger partial charge in [0.2, 0.25) is 0 Å². The number of hydrogen-bond acceptors (Lipinski definition) is 6. The lowest BCUT2D eigenvalue weighted by Crippen LogP contribution is -2.30. The van der Waals surface area contributed by atoms with E-state index in [1.54, 1.807) is 0 Å². The number of rotatable bonds is 50. The van der Waals surface area contributed by atoms with Crippen molar-refractivity contribution >= 4 is 17.9 Å². The maximum Gasteiger partial charge on any atom is 0.306 e. The molecule has 0 radical (unpaired) electrons. The van der Waals surface area contributed by atoms with Crippen molar-refractivity contribution in [2.75, 3.05) is 13.2 Å². The lowest BCUT2D eigenvalue weighted by atomic mass is 10.0. The molecule has 0 aromatic rings. The zero-order chi connectivity index (χ0) is 44.5. The second-order valence-electron chi connectivity index (χ2n) is 19.3. The highest BCUT2D eigenvalue weighted by atomic mass is 16.6. The largest absolute Gasteiger partial charge is 0.462 e. The molecule has 0 aromatic heterocycles. The summed E-state index contributed by atoms with van der Waals surface area (Å²) >= 11 is 0. The van der Waals surface area contributed by atoms with Gasteiger partial charge in [-0.05, 0) is 25.2 Å². The van der Waals surface area contributed by atoms with Crippen LogP contribution in [0.3, 0.4) is 0 Å². The minimum Gasteiger partial charge on any atom is -0.462 e. The van der Waals surface area contributed by atoms with Crippen molar-refractivity contribution < 1.29 is 28.6 Å². The van der Waals surface area contributed by atoms with E-state index in [4.69, 9.17) is 14.2 Å². The molecule has 0 aromatic carbocycles. The van der Waals surface area contributed by atoms with Crippen LogP contribution in [0.2, 0.25) is 0 Å². The Kier molecular flexibility index (Phi) is 48.1. The Hall–Kier alpha value is -1.59. The predicted molar refractivity (Wildman–Crippen MR) is 261 cm³/mol. The molecule has 0 fully saturated rings. The van der Waals surface area contributed by atoms with Crippen LogP contribution in [0.4, 0.5) is 0 Å². The molecule has 0 rings (SSSR count). The molecule has 0 N–H and O–H groups in total. The summed E-state index contributed by atoms with van der Waals surface area (Å²) in [7, 11) is 0. The Morgan fingerprint density at radius 2 is 0.541 bits per heavy atom. The zero-order valence-electron chi connectivity index (χ0n) is 41.6. The van der Waals surface area contributed by atoms with Crippen LogP contribution >= 0.6 is 0 Å². The Balaban J connectivity index is 4.26. The van der Waals surface area contributed by atoms with E-state index >= 15 is 0 Å². The van der Waals surface area contributed by atoms with Crippen LogP contribution in [0.15, 0.2) is 0 Å². The van der Waals surface area contributed by atoms with E-state index in [1.165, 1.54) is 205 Å². The standard InChI is InChI=1S/C55H106O6/c1-5-7-9-11-13-15-17-18-20-24-27-31-35-39-43-47-54(57)60-50-52(49-59-53(56)46-42-38-34-30-16-14-12-10-8-6-2)61-55(58)48-44-40-36-32-28-25-22-19-21-23-26-29-33-37-41-45-51(3)4/h51-52H,5-50H2,1-4H3/t52-/m1/s1. The molecule has 0 amide bonds. The van der Waals surface area contributed by atoms with Crippen LogP contribution in [-0.4, -0.2) is 37.2 Å². The van der Waals surface area contributed by atoms with Gasteiger partial charge in [0, 0.05) is 19.3 Å². The SMILES string of the molecule is CCCCCCCCCCCCCCCCCC(=O)OC[C@@H](COC(=O)CCCCCCCCCCCC)OC(=O)CCCCCCCCCCCCCCCCCC(C)C. The van der Waals surface area contributed by atoms with Gasteiger partial charge >= 0.3 is 17.9 Å². The fraction of sp³-hybridized carbons (Fsp3) is 0.945. The molecule has 362 valence electrons. The highest BCUT2D eigenvalue weighted by Gasteiger charge is 2.19. The third-order valence-corrected chi connectivity index (χ3v) is 12.5. The monoisotopic (exact) mass is 863 g/mol. The molecule has 61 heavy (non-hydrogen) atoms. The van der Waals surface area contributed by atoms with Crippen molar-refractivity contribution in [3.63, 3.8) is 0 Å². The Morgan fingerprint density at radius 1 is 0.311 bits per heavy atom. The second kappa shape index (κ2) is 49.4. The maximum absolute atomic E-state index is 12.8. The molecule has 0 saturated carbocycles. The van der Waals surface area contributed by atoms with Gasteiger partial charge in [-0.2, -0.15) is 0 Å². The van der Waals surface area contributed by atoms with Gasteiger partial charge in [-0.1, -0.05) is 272 Å².